The SMILES string of the molecule is CCCCC(O)CNC(=O)OCc1ccccc1. The number of alkyl carbamates (subject to hydrolysis) is 1. The van der Waals surface area contributed by atoms with Crippen molar-refractivity contribution in [3.8, 4) is 0 Å². The number of carbonyl (C=O) groups is 1. The number of benzene rings is 1. The van der Waals surface area contributed by atoms with Crippen molar-refractivity contribution in [1.82, 2.24) is 5.32 Å². The number of carbonyl (C=O) groups excluding carboxylic acids is 1. The fourth-order valence-electron chi connectivity index (χ4n) is 1.52. The summed E-state index contributed by atoms with van der Waals surface area (Å²) in [5.74, 6) is 0. The van der Waals surface area contributed by atoms with Crippen LogP contribution in [0.4, 0.5) is 4.79 Å². The first-order chi connectivity index (χ1) is 8.72. The Hall–Kier alpha value is -1.55. The molecule has 0 aliphatic rings. The summed E-state index contributed by atoms with van der Waals surface area (Å²) in [5, 5.41) is 12.1. The third-order valence-electron chi connectivity index (χ3n) is 2.59. The van der Waals surface area contributed by atoms with Gasteiger partial charge in [0.2, 0.25) is 0 Å². The lowest BCUT2D eigenvalue weighted by molar-refractivity contribution is 0.122. The number of hydrogen-bond acceptors (Lipinski definition) is 3. The van der Waals surface area contributed by atoms with Gasteiger partial charge in [0.15, 0.2) is 0 Å². The minimum atomic E-state index is -0.491. The molecule has 1 unspecified atom stereocenters. The smallest absolute Gasteiger partial charge is 0.407 e. The summed E-state index contributed by atoms with van der Waals surface area (Å²) >= 11 is 0. The number of unbranched alkanes of at least 4 members (excludes halogenated alkanes) is 1. The second-order valence-electron chi connectivity index (χ2n) is 4.24. The maximum absolute atomic E-state index is 11.4. The van der Waals surface area contributed by atoms with Gasteiger partial charge in [-0.15, -0.1) is 0 Å². The van der Waals surface area contributed by atoms with E-state index in [0.29, 0.717) is 6.42 Å². The largest absolute Gasteiger partial charge is 0.445 e. The molecule has 0 heterocycles. The van der Waals surface area contributed by atoms with E-state index in [9.17, 15) is 9.90 Å². The molecule has 1 rings (SSSR count). The molecule has 0 aliphatic heterocycles. The molecule has 4 nitrogen and oxygen atoms in total. The van der Waals surface area contributed by atoms with E-state index in [1.54, 1.807) is 0 Å². The Morgan fingerprint density at radius 1 is 1.39 bits per heavy atom. The fraction of sp³-hybridized carbons (Fsp3) is 0.500. The number of nitrogens with one attached hydrogen (secondary N) is 1. The van der Waals surface area contributed by atoms with Gasteiger partial charge in [-0.1, -0.05) is 50.1 Å². The van der Waals surface area contributed by atoms with E-state index in [0.717, 1.165) is 18.4 Å². The quantitative estimate of drug-likeness (QED) is 0.782. The van der Waals surface area contributed by atoms with Crippen molar-refractivity contribution in [1.29, 1.82) is 0 Å². The molecule has 0 saturated heterocycles. The Labute approximate surface area is 108 Å². The van der Waals surface area contributed by atoms with Crippen LogP contribution in [0.2, 0.25) is 0 Å². The van der Waals surface area contributed by atoms with Crippen molar-refractivity contribution >= 4 is 6.09 Å². The molecule has 0 saturated carbocycles. The monoisotopic (exact) mass is 251 g/mol. The van der Waals surface area contributed by atoms with Gasteiger partial charge >= 0.3 is 6.09 Å². The number of aliphatic hydroxyl groups is 1. The zero-order valence-electron chi connectivity index (χ0n) is 10.8. The van der Waals surface area contributed by atoms with Crippen LogP contribution in [0.1, 0.15) is 31.7 Å². The highest BCUT2D eigenvalue weighted by Gasteiger charge is 2.07. The molecule has 2 N–H and O–H groups in total. The molecule has 1 aromatic rings. The maximum atomic E-state index is 11.4. The summed E-state index contributed by atoms with van der Waals surface area (Å²) in [6.45, 7) is 2.56. The Bertz CT molecular complexity index is 340. The summed E-state index contributed by atoms with van der Waals surface area (Å²) in [6, 6.07) is 9.48. The van der Waals surface area contributed by atoms with Gasteiger partial charge in [0, 0.05) is 6.54 Å². The van der Waals surface area contributed by atoms with E-state index in [1.807, 2.05) is 30.3 Å². The molecular formula is C14H21NO3. The van der Waals surface area contributed by atoms with Crippen LogP contribution in [-0.4, -0.2) is 23.8 Å². The van der Waals surface area contributed by atoms with Crippen LogP contribution in [0.15, 0.2) is 30.3 Å². The zero-order valence-corrected chi connectivity index (χ0v) is 10.8. The molecule has 100 valence electrons. The first-order valence-electron chi connectivity index (χ1n) is 6.35. The van der Waals surface area contributed by atoms with Gasteiger partial charge in [-0.3, -0.25) is 0 Å². The van der Waals surface area contributed by atoms with Crippen molar-refractivity contribution in [3.05, 3.63) is 35.9 Å². The molecule has 1 aromatic carbocycles. The van der Waals surface area contributed by atoms with Gasteiger partial charge < -0.3 is 15.2 Å². The summed E-state index contributed by atoms with van der Waals surface area (Å²) in [4.78, 5) is 11.4. The van der Waals surface area contributed by atoms with Gasteiger partial charge in [-0.05, 0) is 12.0 Å². The van der Waals surface area contributed by atoms with Crippen LogP contribution in [0.3, 0.4) is 0 Å². The second kappa shape index (κ2) is 8.53. The summed E-state index contributed by atoms with van der Waals surface area (Å²) in [7, 11) is 0. The Morgan fingerprint density at radius 3 is 2.78 bits per heavy atom. The Morgan fingerprint density at radius 2 is 2.11 bits per heavy atom. The molecule has 1 atom stereocenters. The highest BCUT2D eigenvalue weighted by Crippen LogP contribution is 2.01. The summed E-state index contributed by atoms with van der Waals surface area (Å²) < 4.78 is 5.02. The molecule has 0 aliphatic carbocycles. The normalized spacial score (nSPS) is 11.9. The van der Waals surface area contributed by atoms with Gasteiger partial charge in [-0.2, -0.15) is 0 Å². The van der Waals surface area contributed by atoms with Crippen LogP contribution < -0.4 is 5.32 Å². The molecule has 1 amide bonds. The van der Waals surface area contributed by atoms with Gasteiger partial charge in [0.1, 0.15) is 6.61 Å². The van der Waals surface area contributed by atoms with Crippen LogP contribution in [0, 0.1) is 0 Å². The van der Waals surface area contributed by atoms with Gasteiger partial charge in [0.25, 0.3) is 0 Å². The lowest BCUT2D eigenvalue weighted by Gasteiger charge is -2.11. The highest BCUT2D eigenvalue weighted by molar-refractivity contribution is 5.67. The average molecular weight is 251 g/mol. The van der Waals surface area contributed by atoms with Crippen molar-refractivity contribution in [3.63, 3.8) is 0 Å². The van der Waals surface area contributed by atoms with Crippen molar-refractivity contribution in [2.45, 2.75) is 38.9 Å². The molecule has 4 heteroatoms. The van der Waals surface area contributed by atoms with Gasteiger partial charge in [-0.25, -0.2) is 4.79 Å². The predicted octanol–water partition coefficient (Wildman–Crippen LogP) is 2.46. The minimum Gasteiger partial charge on any atom is -0.445 e. The maximum Gasteiger partial charge on any atom is 0.407 e. The van der Waals surface area contributed by atoms with E-state index in [1.165, 1.54) is 0 Å². The molecule has 0 spiro atoms. The number of rotatable bonds is 7. The van der Waals surface area contributed by atoms with E-state index >= 15 is 0 Å². The topological polar surface area (TPSA) is 58.6 Å². The third kappa shape index (κ3) is 6.25. The first-order valence-corrected chi connectivity index (χ1v) is 6.35. The van der Waals surface area contributed by atoms with Crippen LogP contribution >= 0.6 is 0 Å². The highest BCUT2D eigenvalue weighted by atomic mass is 16.5. The molecule has 0 aromatic heterocycles. The van der Waals surface area contributed by atoms with E-state index in [4.69, 9.17) is 4.74 Å². The first kappa shape index (κ1) is 14.5. The van der Waals surface area contributed by atoms with Crippen LogP contribution in [0.25, 0.3) is 0 Å². The van der Waals surface area contributed by atoms with Crippen molar-refractivity contribution in [2.75, 3.05) is 6.54 Å². The Kier molecular flexibility index (Phi) is 6.87. The third-order valence-corrected chi connectivity index (χ3v) is 2.59. The zero-order chi connectivity index (χ0) is 13.2. The number of aliphatic hydroxyl groups excluding tert-OH is 1. The van der Waals surface area contributed by atoms with Gasteiger partial charge in [0.05, 0.1) is 6.10 Å². The molecule has 18 heavy (non-hydrogen) atoms. The van der Waals surface area contributed by atoms with E-state index in [-0.39, 0.29) is 13.2 Å². The molecular weight excluding hydrogens is 230 g/mol. The van der Waals surface area contributed by atoms with Crippen molar-refractivity contribution < 1.29 is 14.6 Å². The number of hydrogen-bond donors (Lipinski definition) is 2. The fourth-order valence-corrected chi connectivity index (χ4v) is 1.52. The lowest BCUT2D eigenvalue weighted by Crippen LogP contribution is -2.32. The molecule has 0 bridgehead atoms. The Balaban J connectivity index is 2.14. The summed E-state index contributed by atoms with van der Waals surface area (Å²) in [5.41, 5.74) is 0.944. The van der Waals surface area contributed by atoms with Crippen LogP contribution in [0.5, 0.6) is 0 Å². The van der Waals surface area contributed by atoms with E-state index < -0.39 is 12.2 Å². The molecule has 0 radical (unpaired) electrons. The summed E-state index contributed by atoms with van der Waals surface area (Å²) in [6.07, 6.45) is 1.72. The predicted molar refractivity (Wildman–Crippen MR) is 70.2 cm³/mol. The minimum absolute atomic E-state index is 0.244. The second-order valence-corrected chi connectivity index (χ2v) is 4.24. The number of ether oxygens (including phenoxy) is 1. The molecule has 0 fully saturated rings. The number of amides is 1. The lowest BCUT2D eigenvalue weighted by atomic mass is 10.2. The average Bonchev–Trinajstić information content (AvgIpc) is 2.41. The van der Waals surface area contributed by atoms with Crippen LogP contribution in [-0.2, 0) is 11.3 Å². The van der Waals surface area contributed by atoms with Crippen molar-refractivity contribution in [2.24, 2.45) is 0 Å². The van der Waals surface area contributed by atoms with E-state index in [2.05, 4.69) is 12.2 Å². The standard InChI is InChI=1S/C14H21NO3/c1-2-3-9-13(16)10-15-14(17)18-11-12-7-5-4-6-8-12/h4-8,13,16H,2-3,9-11H2,1H3,(H,15,17).